The fourth-order valence-corrected chi connectivity index (χ4v) is 1.81. The number of carbonyl (C=O) groups is 1. The molecule has 0 radical (unpaired) electrons. The van der Waals surface area contributed by atoms with Crippen LogP contribution >= 0.6 is 11.6 Å². The molecule has 1 unspecified atom stereocenters. The molecule has 0 aliphatic carbocycles. The van der Waals surface area contributed by atoms with Gasteiger partial charge in [-0.2, -0.15) is 0 Å². The number of carbonyl (C=O) groups excluding carboxylic acids is 1. The maximum atomic E-state index is 11.6. The first-order valence-electron chi connectivity index (χ1n) is 5.98. The molecular weight excluding hydrogens is 262 g/mol. The van der Waals surface area contributed by atoms with Crippen molar-refractivity contribution < 1.29 is 9.53 Å². The number of terminal acetylenes is 1. The number of hydrogen-bond acceptors (Lipinski definition) is 2. The summed E-state index contributed by atoms with van der Waals surface area (Å²) in [5, 5.41) is 3.15. The number of hydrogen-bond donors (Lipinski definition) is 1. The average Bonchev–Trinajstić information content (AvgIpc) is 2.25. The van der Waals surface area contributed by atoms with Gasteiger partial charge in [0.25, 0.3) is 0 Å². The van der Waals surface area contributed by atoms with Gasteiger partial charge in [-0.05, 0) is 45.4 Å². The van der Waals surface area contributed by atoms with Crippen molar-refractivity contribution in [2.45, 2.75) is 39.2 Å². The molecule has 4 heteroatoms. The van der Waals surface area contributed by atoms with E-state index in [1.165, 1.54) is 0 Å². The maximum Gasteiger partial charge on any atom is 0.412 e. The molecule has 0 aliphatic rings. The Morgan fingerprint density at radius 1 is 1.47 bits per heavy atom. The lowest BCUT2D eigenvalue weighted by atomic mass is 10.0. The smallest absolute Gasteiger partial charge is 0.412 e. The van der Waals surface area contributed by atoms with Gasteiger partial charge in [0.15, 0.2) is 0 Å². The molecule has 1 atom stereocenters. The first-order chi connectivity index (χ1) is 8.73. The first-order valence-corrected chi connectivity index (χ1v) is 6.36. The maximum absolute atomic E-state index is 11.6. The molecule has 0 aromatic heterocycles. The highest BCUT2D eigenvalue weighted by atomic mass is 35.5. The standard InChI is InChI=1S/C15H18ClNO2/c1-6-10(2)12-8-7-11(9-13(12)16)17-14(18)19-15(3,4)5/h1,7-10H,2-5H3,(H,17,18). The van der Waals surface area contributed by atoms with E-state index in [9.17, 15) is 4.79 Å². The minimum atomic E-state index is -0.536. The summed E-state index contributed by atoms with van der Waals surface area (Å²) < 4.78 is 5.15. The molecular formula is C15H18ClNO2. The molecule has 19 heavy (non-hydrogen) atoms. The summed E-state index contributed by atoms with van der Waals surface area (Å²) in [6.45, 7) is 7.30. The van der Waals surface area contributed by atoms with Crippen molar-refractivity contribution in [1.82, 2.24) is 0 Å². The van der Waals surface area contributed by atoms with Gasteiger partial charge in [0.2, 0.25) is 0 Å². The molecule has 0 saturated carbocycles. The van der Waals surface area contributed by atoms with Crippen LogP contribution in [-0.4, -0.2) is 11.7 Å². The van der Waals surface area contributed by atoms with Crippen molar-refractivity contribution >= 4 is 23.4 Å². The minimum absolute atomic E-state index is 0.0666. The van der Waals surface area contributed by atoms with Crippen LogP contribution in [-0.2, 0) is 4.74 Å². The molecule has 0 spiro atoms. The summed E-state index contributed by atoms with van der Waals surface area (Å²) in [6.07, 6.45) is 4.85. The lowest BCUT2D eigenvalue weighted by Gasteiger charge is -2.20. The second-order valence-electron chi connectivity index (χ2n) is 5.25. The van der Waals surface area contributed by atoms with Crippen LogP contribution in [0.4, 0.5) is 10.5 Å². The Hall–Kier alpha value is -1.66. The zero-order chi connectivity index (χ0) is 14.6. The number of halogens is 1. The lowest BCUT2D eigenvalue weighted by molar-refractivity contribution is 0.0636. The van der Waals surface area contributed by atoms with Gasteiger partial charge >= 0.3 is 6.09 Å². The van der Waals surface area contributed by atoms with E-state index in [-0.39, 0.29) is 5.92 Å². The van der Waals surface area contributed by atoms with Crippen molar-refractivity contribution in [3.05, 3.63) is 28.8 Å². The van der Waals surface area contributed by atoms with E-state index in [1.807, 2.05) is 6.92 Å². The van der Waals surface area contributed by atoms with Crippen LogP contribution in [0.2, 0.25) is 5.02 Å². The number of amides is 1. The lowest BCUT2D eigenvalue weighted by Crippen LogP contribution is -2.27. The van der Waals surface area contributed by atoms with Crippen LogP contribution in [0, 0.1) is 12.3 Å². The Labute approximate surface area is 119 Å². The van der Waals surface area contributed by atoms with Gasteiger partial charge in [-0.25, -0.2) is 4.79 Å². The normalized spacial score (nSPS) is 12.4. The number of anilines is 1. The third kappa shape index (κ3) is 4.84. The van der Waals surface area contributed by atoms with Gasteiger partial charge in [0.1, 0.15) is 5.60 Å². The summed E-state index contributed by atoms with van der Waals surface area (Å²) in [4.78, 5) is 11.6. The molecule has 1 amide bonds. The van der Waals surface area contributed by atoms with Gasteiger partial charge < -0.3 is 4.74 Å². The van der Waals surface area contributed by atoms with Crippen molar-refractivity contribution in [2.75, 3.05) is 5.32 Å². The Morgan fingerprint density at radius 3 is 2.58 bits per heavy atom. The molecule has 0 fully saturated rings. The van der Waals surface area contributed by atoms with Gasteiger partial charge in [-0.15, -0.1) is 6.42 Å². The Morgan fingerprint density at radius 2 is 2.11 bits per heavy atom. The molecule has 102 valence electrons. The van der Waals surface area contributed by atoms with E-state index >= 15 is 0 Å². The largest absolute Gasteiger partial charge is 0.444 e. The van der Waals surface area contributed by atoms with Gasteiger partial charge in [0, 0.05) is 16.6 Å². The topological polar surface area (TPSA) is 38.3 Å². The van der Waals surface area contributed by atoms with Crippen LogP contribution in [0.5, 0.6) is 0 Å². The van der Waals surface area contributed by atoms with Crippen LogP contribution in [0.15, 0.2) is 18.2 Å². The fourth-order valence-electron chi connectivity index (χ4n) is 1.47. The predicted octanol–water partition coefficient (Wildman–Crippen LogP) is 4.42. The van der Waals surface area contributed by atoms with Crippen LogP contribution in [0.1, 0.15) is 39.2 Å². The second-order valence-corrected chi connectivity index (χ2v) is 5.66. The Bertz CT molecular complexity index is 512. The first kappa shape index (κ1) is 15.4. The number of nitrogens with one attached hydrogen (secondary N) is 1. The van der Waals surface area contributed by atoms with E-state index < -0.39 is 11.7 Å². The monoisotopic (exact) mass is 279 g/mol. The Balaban J connectivity index is 2.80. The van der Waals surface area contributed by atoms with E-state index in [0.29, 0.717) is 10.7 Å². The highest BCUT2D eigenvalue weighted by molar-refractivity contribution is 6.31. The quantitative estimate of drug-likeness (QED) is 0.814. The van der Waals surface area contributed by atoms with Gasteiger partial charge in [-0.3, -0.25) is 5.32 Å². The summed E-state index contributed by atoms with van der Waals surface area (Å²) in [6, 6.07) is 5.22. The van der Waals surface area contributed by atoms with E-state index in [2.05, 4.69) is 11.2 Å². The molecule has 1 rings (SSSR count). The zero-order valence-corrected chi connectivity index (χ0v) is 12.3. The summed E-state index contributed by atoms with van der Waals surface area (Å²) in [5.41, 5.74) is 0.900. The molecule has 0 saturated heterocycles. The summed E-state index contributed by atoms with van der Waals surface area (Å²) in [5.74, 6) is 2.55. The third-order valence-electron chi connectivity index (χ3n) is 2.36. The van der Waals surface area contributed by atoms with Crippen molar-refractivity contribution in [2.24, 2.45) is 0 Å². The molecule has 3 nitrogen and oxygen atoms in total. The Kier molecular flexibility index (Phi) is 4.85. The second kappa shape index (κ2) is 5.99. The zero-order valence-electron chi connectivity index (χ0n) is 11.6. The van der Waals surface area contributed by atoms with Gasteiger partial charge in [-0.1, -0.05) is 23.6 Å². The van der Waals surface area contributed by atoms with Gasteiger partial charge in [0.05, 0.1) is 0 Å². The molecule has 0 heterocycles. The van der Waals surface area contributed by atoms with Crippen LogP contribution in [0.3, 0.4) is 0 Å². The van der Waals surface area contributed by atoms with Crippen molar-refractivity contribution in [3.8, 4) is 12.3 Å². The molecule has 0 bridgehead atoms. The highest BCUT2D eigenvalue weighted by Gasteiger charge is 2.16. The molecule has 1 N–H and O–H groups in total. The average molecular weight is 280 g/mol. The van der Waals surface area contributed by atoms with Crippen molar-refractivity contribution in [3.63, 3.8) is 0 Å². The molecule has 1 aromatic rings. The number of benzene rings is 1. The number of rotatable bonds is 2. The summed E-state index contributed by atoms with van der Waals surface area (Å²) in [7, 11) is 0. The van der Waals surface area contributed by atoms with Crippen molar-refractivity contribution in [1.29, 1.82) is 0 Å². The van der Waals surface area contributed by atoms with E-state index in [1.54, 1.807) is 39.0 Å². The highest BCUT2D eigenvalue weighted by Crippen LogP contribution is 2.27. The van der Waals surface area contributed by atoms with Crippen LogP contribution in [0.25, 0.3) is 0 Å². The predicted molar refractivity (Wildman–Crippen MR) is 78.6 cm³/mol. The molecule has 0 aliphatic heterocycles. The fraction of sp³-hybridized carbons (Fsp3) is 0.400. The van der Waals surface area contributed by atoms with E-state index in [0.717, 1.165) is 5.56 Å². The molecule has 1 aromatic carbocycles. The SMILES string of the molecule is C#CC(C)c1ccc(NC(=O)OC(C)(C)C)cc1Cl. The van der Waals surface area contributed by atoms with E-state index in [4.69, 9.17) is 22.8 Å². The van der Waals surface area contributed by atoms with Crippen LogP contribution < -0.4 is 5.32 Å². The third-order valence-corrected chi connectivity index (χ3v) is 2.69. The summed E-state index contributed by atoms with van der Waals surface area (Å²) >= 11 is 6.13. The minimum Gasteiger partial charge on any atom is -0.444 e. The number of ether oxygens (including phenoxy) is 1.